The molecule has 2 amide bonds. The number of hydrogen-bond acceptors (Lipinski definition) is 7. The Kier molecular flexibility index (Phi) is 9.47. The molecule has 2 N–H and O–H groups in total. The summed E-state index contributed by atoms with van der Waals surface area (Å²) in [5.41, 5.74) is 7.79. The Hall–Kier alpha value is -2.33. The molecule has 0 saturated carbocycles. The first-order valence-electron chi connectivity index (χ1n) is 14.3. The van der Waals surface area contributed by atoms with E-state index in [1.54, 1.807) is 18.1 Å². The summed E-state index contributed by atoms with van der Waals surface area (Å²) in [5.74, 6) is -1.12. The van der Waals surface area contributed by atoms with Crippen molar-refractivity contribution in [3.05, 3.63) is 34.9 Å². The molecule has 216 valence electrons. The van der Waals surface area contributed by atoms with Crippen molar-refractivity contribution in [1.29, 1.82) is 0 Å². The summed E-state index contributed by atoms with van der Waals surface area (Å²) < 4.78 is 16.9. The molecule has 0 radical (unpaired) electrons. The van der Waals surface area contributed by atoms with E-state index in [2.05, 4.69) is 25.7 Å². The van der Waals surface area contributed by atoms with Crippen LogP contribution in [-0.2, 0) is 23.8 Å². The molecule has 4 atom stereocenters. The quantitative estimate of drug-likeness (QED) is 0.483. The van der Waals surface area contributed by atoms with Gasteiger partial charge in [0.15, 0.2) is 5.78 Å². The van der Waals surface area contributed by atoms with E-state index in [1.165, 1.54) is 0 Å². The fourth-order valence-corrected chi connectivity index (χ4v) is 6.40. The molecule has 0 unspecified atom stereocenters. The number of carbonyl (C=O) groups excluding carboxylic acids is 3. The van der Waals surface area contributed by atoms with Gasteiger partial charge in [0.05, 0.1) is 19.1 Å². The van der Waals surface area contributed by atoms with Gasteiger partial charge in [0.1, 0.15) is 24.9 Å². The number of nitrogens with zero attached hydrogens (tertiary/aromatic N) is 2. The summed E-state index contributed by atoms with van der Waals surface area (Å²) in [4.78, 5) is 43.9. The molecular formula is C30H45N3O6. The summed E-state index contributed by atoms with van der Waals surface area (Å²) in [6.07, 6.45) is 1.69. The number of carbonyl (C=O) groups is 3. The van der Waals surface area contributed by atoms with E-state index in [4.69, 9.17) is 19.9 Å². The summed E-state index contributed by atoms with van der Waals surface area (Å²) in [6, 6.07) is 5.15. The zero-order valence-corrected chi connectivity index (χ0v) is 24.1. The van der Waals surface area contributed by atoms with E-state index in [9.17, 15) is 14.4 Å². The molecule has 0 bridgehead atoms. The minimum atomic E-state index is -0.659. The van der Waals surface area contributed by atoms with Gasteiger partial charge in [0.2, 0.25) is 11.8 Å². The number of nitrogens with two attached hydrogens (primary N) is 1. The molecule has 3 aliphatic rings. The first kappa shape index (κ1) is 29.6. The normalized spacial score (nSPS) is 25.2. The van der Waals surface area contributed by atoms with Crippen LogP contribution in [-0.4, -0.2) is 98.8 Å². The summed E-state index contributed by atoms with van der Waals surface area (Å²) in [6.45, 7) is 12.5. The highest BCUT2D eigenvalue weighted by Crippen LogP contribution is 2.40. The van der Waals surface area contributed by atoms with Crippen molar-refractivity contribution in [1.82, 2.24) is 9.80 Å². The van der Waals surface area contributed by atoms with Gasteiger partial charge in [0.25, 0.3) is 0 Å². The van der Waals surface area contributed by atoms with Crippen LogP contribution in [0, 0.1) is 5.41 Å². The highest BCUT2D eigenvalue weighted by atomic mass is 16.6. The van der Waals surface area contributed by atoms with E-state index >= 15 is 0 Å². The van der Waals surface area contributed by atoms with E-state index in [0.717, 1.165) is 44.6 Å². The number of hydrogen-bond donors (Lipinski definition) is 1. The zero-order valence-electron chi connectivity index (χ0n) is 24.1. The largest absolute Gasteiger partial charge is 0.383 e. The lowest BCUT2D eigenvalue weighted by molar-refractivity contribution is -0.138. The molecule has 3 aliphatic heterocycles. The van der Waals surface area contributed by atoms with Gasteiger partial charge in [-0.25, -0.2) is 0 Å². The molecule has 0 spiro atoms. The number of benzene rings is 1. The maximum Gasteiger partial charge on any atom is 0.249 e. The van der Waals surface area contributed by atoms with Crippen LogP contribution in [0.15, 0.2) is 18.2 Å². The van der Waals surface area contributed by atoms with Crippen LogP contribution in [0.25, 0.3) is 0 Å². The third-order valence-electron chi connectivity index (χ3n) is 8.30. The molecule has 0 aliphatic carbocycles. The Labute approximate surface area is 232 Å². The number of rotatable bonds is 10. The number of amides is 2. The Morgan fingerprint density at radius 1 is 1.21 bits per heavy atom. The monoisotopic (exact) mass is 543 g/mol. The van der Waals surface area contributed by atoms with Crippen LogP contribution in [0.1, 0.15) is 80.3 Å². The van der Waals surface area contributed by atoms with Crippen molar-refractivity contribution in [2.75, 3.05) is 53.1 Å². The predicted octanol–water partition coefficient (Wildman–Crippen LogP) is 2.71. The Bertz CT molecular complexity index is 1050. The molecular weight excluding hydrogens is 498 g/mol. The van der Waals surface area contributed by atoms with Crippen molar-refractivity contribution in [3.63, 3.8) is 0 Å². The topological polar surface area (TPSA) is 111 Å². The molecule has 4 rings (SSSR count). The number of fused-ring (bicyclic) bond motifs is 1. The van der Waals surface area contributed by atoms with Gasteiger partial charge >= 0.3 is 0 Å². The molecule has 1 aromatic carbocycles. The number of ketones is 1. The number of piperidine rings is 1. The van der Waals surface area contributed by atoms with Crippen molar-refractivity contribution >= 4 is 17.6 Å². The Morgan fingerprint density at radius 3 is 2.54 bits per heavy atom. The second kappa shape index (κ2) is 12.5. The van der Waals surface area contributed by atoms with E-state index < -0.39 is 24.0 Å². The first-order valence-corrected chi connectivity index (χ1v) is 14.3. The molecule has 1 aromatic rings. The van der Waals surface area contributed by atoms with Crippen molar-refractivity contribution in [3.8, 4) is 0 Å². The van der Waals surface area contributed by atoms with Crippen molar-refractivity contribution < 1.29 is 28.6 Å². The fraction of sp³-hybridized carbons (Fsp3) is 0.700. The average Bonchev–Trinajstić information content (AvgIpc) is 3.46. The molecule has 9 nitrogen and oxygen atoms in total. The van der Waals surface area contributed by atoms with Gasteiger partial charge in [-0.05, 0) is 67.8 Å². The number of methoxy groups -OCH3 is 1. The molecule has 3 heterocycles. The number of Topliss-reactive ketones (excluding diaryl/α,β-unsaturated/α-hetero) is 1. The Balaban J connectivity index is 1.67. The molecule has 39 heavy (non-hydrogen) atoms. The van der Waals surface area contributed by atoms with Crippen molar-refractivity contribution in [2.45, 2.75) is 77.0 Å². The maximum absolute atomic E-state index is 14.4. The van der Waals surface area contributed by atoms with Gasteiger partial charge in [0, 0.05) is 25.8 Å². The Morgan fingerprint density at radius 2 is 1.92 bits per heavy atom. The van der Waals surface area contributed by atoms with E-state index in [1.807, 2.05) is 19.1 Å². The standard InChI is InChI=1S/C30H45N3O6/c1-6-38-25-17-33(26-24(34)18-39-27(25)26)29(36)23(16-30(2,3)4)22-15-20(7-8-21(22)28(31)35)19-9-11-32(12-10-19)13-14-37-5/h7-8,15,19,23,25-27H,6,9-14,16-18H2,1-5H3,(H2,31,35)/t23-,25-,26+,27+/m0/s1. The molecule has 0 aromatic heterocycles. The first-order chi connectivity index (χ1) is 18.5. The van der Waals surface area contributed by atoms with Crippen molar-refractivity contribution in [2.24, 2.45) is 11.1 Å². The van der Waals surface area contributed by atoms with Gasteiger partial charge in [-0.15, -0.1) is 0 Å². The van der Waals surface area contributed by atoms with Crippen LogP contribution < -0.4 is 5.73 Å². The minimum absolute atomic E-state index is 0.0161. The second-order valence-electron chi connectivity index (χ2n) is 12.3. The number of likely N-dealkylation sites (tertiary alicyclic amines) is 2. The van der Waals surface area contributed by atoms with Crippen LogP contribution >= 0.6 is 0 Å². The summed E-state index contributed by atoms with van der Waals surface area (Å²) >= 11 is 0. The number of primary amides is 1. The van der Waals surface area contributed by atoms with Crippen LogP contribution in [0.4, 0.5) is 0 Å². The van der Waals surface area contributed by atoms with Gasteiger partial charge in [-0.3, -0.25) is 14.4 Å². The second-order valence-corrected chi connectivity index (χ2v) is 12.3. The third-order valence-corrected chi connectivity index (χ3v) is 8.30. The SMILES string of the molecule is CCO[C@H]1CN(C(=O)[C@@H](CC(C)(C)C)c2cc(C3CCN(CCOC)CC3)ccc2C(N)=O)[C@@H]2C(=O)CO[C@H]12. The number of ether oxygens (including phenoxy) is 3. The zero-order chi connectivity index (χ0) is 28.3. The predicted molar refractivity (Wildman–Crippen MR) is 148 cm³/mol. The third kappa shape index (κ3) is 6.70. The maximum atomic E-state index is 14.4. The molecule has 3 fully saturated rings. The highest BCUT2D eigenvalue weighted by Gasteiger charge is 2.54. The van der Waals surface area contributed by atoms with Crippen LogP contribution in [0.3, 0.4) is 0 Å². The fourth-order valence-electron chi connectivity index (χ4n) is 6.40. The lowest BCUT2D eigenvalue weighted by Crippen LogP contribution is -2.45. The summed E-state index contributed by atoms with van der Waals surface area (Å²) in [5, 5.41) is 0. The lowest BCUT2D eigenvalue weighted by atomic mass is 9.77. The van der Waals surface area contributed by atoms with Gasteiger partial charge < -0.3 is 29.7 Å². The van der Waals surface area contributed by atoms with Crippen LogP contribution in [0.5, 0.6) is 0 Å². The van der Waals surface area contributed by atoms with Crippen LogP contribution in [0.2, 0.25) is 0 Å². The smallest absolute Gasteiger partial charge is 0.249 e. The highest BCUT2D eigenvalue weighted by molar-refractivity contribution is 5.99. The average molecular weight is 544 g/mol. The summed E-state index contributed by atoms with van der Waals surface area (Å²) in [7, 11) is 1.72. The molecule has 9 heteroatoms. The van der Waals surface area contributed by atoms with Gasteiger partial charge in [-0.2, -0.15) is 0 Å². The van der Waals surface area contributed by atoms with Gasteiger partial charge in [-0.1, -0.05) is 32.9 Å². The minimum Gasteiger partial charge on any atom is -0.383 e. The van der Waals surface area contributed by atoms with E-state index in [0.29, 0.717) is 36.6 Å². The lowest BCUT2D eigenvalue weighted by Gasteiger charge is -2.34. The van der Waals surface area contributed by atoms with E-state index in [-0.39, 0.29) is 29.8 Å². The molecule has 3 saturated heterocycles.